The Kier molecular flexibility index (Phi) is 6.97. The minimum absolute atomic E-state index is 0.152. The molecular weight excluding hydrogens is 494 g/mol. The lowest BCUT2D eigenvalue weighted by molar-refractivity contribution is 0.102. The van der Waals surface area contributed by atoms with Crippen molar-refractivity contribution in [1.29, 1.82) is 0 Å². The predicted octanol–water partition coefficient (Wildman–Crippen LogP) is 2.88. The summed E-state index contributed by atoms with van der Waals surface area (Å²) in [4.78, 5) is 17.9. The maximum Gasteiger partial charge on any atom is 0.282 e. The van der Waals surface area contributed by atoms with Crippen molar-refractivity contribution in [2.75, 3.05) is 32.1 Å². The molecule has 2 aliphatic heterocycles. The molecule has 0 bridgehead atoms. The molecule has 1 amide bonds. The molecule has 0 saturated carbocycles. The van der Waals surface area contributed by atoms with E-state index in [1.807, 2.05) is 30.5 Å². The summed E-state index contributed by atoms with van der Waals surface area (Å²) in [5, 5.41) is 11.0. The van der Waals surface area contributed by atoms with E-state index < -0.39 is 16.1 Å². The standard InChI is InChI=1S/C25H31N7O4S/c1-17(2)32-16-26-29-24(32)21-7-6-8-23(27-21)28-25(33)20-13-19-15-31(12-9-18(19)14-22(20)36-3)37(34,35)30-10-4-5-11-30/h6-8,13-14,16-17H,4-5,9-12,15H2,1-3H3,(H,27,28,33). The summed E-state index contributed by atoms with van der Waals surface area (Å²) >= 11 is 0. The number of rotatable bonds is 7. The number of methoxy groups -OCH3 is 1. The highest BCUT2D eigenvalue weighted by Gasteiger charge is 2.34. The third-order valence-corrected chi connectivity index (χ3v) is 8.79. The Hall–Kier alpha value is -3.35. The van der Waals surface area contributed by atoms with E-state index in [0.29, 0.717) is 54.7 Å². The van der Waals surface area contributed by atoms with Crippen LogP contribution in [0, 0.1) is 0 Å². The smallest absolute Gasteiger partial charge is 0.282 e. The molecule has 196 valence electrons. The lowest BCUT2D eigenvalue weighted by Crippen LogP contribution is -2.44. The van der Waals surface area contributed by atoms with Crippen LogP contribution >= 0.6 is 0 Å². The van der Waals surface area contributed by atoms with Gasteiger partial charge in [0.1, 0.15) is 23.6 Å². The van der Waals surface area contributed by atoms with Gasteiger partial charge in [-0.2, -0.15) is 17.0 Å². The largest absolute Gasteiger partial charge is 0.496 e. The van der Waals surface area contributed by atoms with Gasteiger partial charge < -0.3 is 14.6 Å². The molecule has 1 fully saturated rings. The number of hydrogen-bond acceptors (Lipinski definition) is 7. The van der Waals surface area contributed by atoms with E-state index in [1.165, 1.54) is 11.4 Å². The molecule has 0 unspecified atom stereocenters. The van der Waals surface area contributed by atoms with Gasteiger partial charge in [-0.05, 0) is 68.5 Å². The Labute approximate surface area is 216 Å². The molecule has 37 heavy (non-hydrogen) atoms. The van der Waals surface area contributed by atoms with E-state index in [2.05, 4.69) is 20.5 Å². The number of amides is 1. The van der Waals surface area contributed by atoms with Crippen LogP contribution in [0.2, 0.25) is 0 Å². The Morgan fingerprint density at radius 1 is 1.08 bits per heavy atom. The van der Waals surface area contributed by atoms with Crippen molar-refractivity contribution in [2.45, 2.75) is 45.7 Å². The van der Waals surface area contributed by atoms with Gasteiger partial charge in [-0.25, -0.2) is 4.98 Å². The summed E-state index contributed by atoms with van der Waals surface area (Å²) in [6, 6.07) is 9.02. The Balaban J connectivity index is 1.39. The first kappa shape index (κ1) is 25.3. The molecule has 2 aromatic heterocycles. The molecular formula is C25H31N7O4S. The predicted molar refractivity (Wildman–Crippen MR) is 138 cm³/mol. The minimum atomic E-state index is -3.53. The van der Waals surface area contributed by atoms with Crippen LogP contribution in [0.4, 0.5) is 5.82 Å². The number of fused-ring (bicyclic) bond motifs is 1. The zero-order chi connectivity index (χ0) is 26.2. The fourth-order valence-corrected chi connectivity index (χ4v) is 6.47. The topological polar surface area (TPSA) is 123 Å². The lowest BCUT2D eigenvalue weighted by Gasteiger charge is -2.31. The second kappa shape index (κ2) is 10.2. The van der Waals surface area contributed by atoms with Gasteiger partial charge in [-0.1, -0.05) is 6.07 Å². The molecule has 4 heterocycles. The molecule has 11 nitrogen and oxygen atoms in total. The number of hydrogen-bond donors (Lipinski definition) is 1. The van der Waals surface area contributed by atoms with Crippen molar-refractivity contribution < 1.29 is 17.9 Å². The van der Waals surface area contributed by atoms with Crippen LogP contribution < -0.4 is 10.1 Å². The van der Waals surface area contributed by atoms with E-state index in [-0.39, 0.29) is 12.6 Å². The van der Waals surface area contributed by atoms with Gasteiger partial charge in [0.05, 0.1) is 12.7 Å². The second-order valence-corrected chi connectivity index (χ2v) is 11.5. The van der Waals surface area contributed by atoms with E-state index >= 15 is 0 Å². The van der Waals surface area contributed by atoms with Crippen molar-refractivity contribution in [1.82, 2.24) is 28.4 Å². The summed E-state index contributed by atoms with van der Waals surface area (Å²) in [7, 11) is -2.01. The van der Waals surface area contributed by atoms with Crippen LogP contribution in [0.1, 0.15) is 54.2 Å². The number of carbonyl (C=O) groups is 1. The van der Waals surface area contributed by atoms with Crippen LogP contribution in [-0.2, 0) is 23.2 Å². The Bertz CT molecular complexity index is 1410. The summed E-state index contributed by atoms with van der Waals surface area (Å²) in [5.41, 5.74) is 2.68. The van der Waals surface area contributed by atoms with Crippen LogP contribution in [0.15, 0.2) is 36.7 Å². The zero-order valence-electron chi connectivity index (χ0n) is 21.2. The highest BCUT2D eigenvalue weighted by molar-refractivity contribution is 7.86. The van der Waals surface area contributed by atoms with Crippen molar-refractivity contribution in [3.05, 3.63) is 53.3 Å². The molecule has 1 aromatic carbocycles. The number of nitrogens with one attached hydrogen (secondary N) is 1. The molecule has 0 aliphatic carbocycles. The van der Waals surface area contributed by atoms with Crippen molar-refractivity contribution in [3.63, 3.8) is 0 Å². The summed E-state index contributed by atoms with van der Waals surface area (Å²) in [6.45, 7) is 5.79. The van der Waals surface area contributed by atoms with Crippen LogP contribution in [0.3, 0.4) is 0 Å². The molecule has 2 aliphatic rings. The third kappa shape index (κ3) is 4.96. The molecule has 3 aromatic rings. The molecule has 12 heteroatoms. The van der Waals surface area contributed by atoms with E-state index in [1.54, 1.807) is 28.8 Å². The number of nitrogens with zero attached hydrogens (tertiary/aromatic N) is 6. The average molecular weight is 526 g/mol. The maximum absolute atomic E-state index is 13.3. The van der Waals surface area contributed by atoms with Gasteiger partial charge in [0.25, 0.3) is 16.1 Å². The summed E-state index contributed by atoms with van der Waals surface area (Å²) < 4.78 is 36.7. The highest BCUT2D eigenvalue weighted by atomic mass is 32.2. The fourth-order valence-electron chi connectivity index (χ4n) is 4.80. The van der Waals surface area contributed by atoms with Crippen molar-refractivity contribution in [2.24, 2.45) is 0 Å². The lowest BCUT2D eigenvalue weighted by atomic mass is 9.97. The number of carbonyl (C=O) groups excluding carboxylic acids is 1. The normalized spacial score (nSPS) is 16.6. The quantitative estimate of drug-likeness (QED) is 0.503. The number of pyridine rings is 1. The summed E-state index contributed by atoms with van der Waals surface area (Å²) in [6.07, 6.45) is 3.98. The number of anilines is 1. The van der Waals surface area contributed by atoms with Gasteiger partial charge in [0.15, 0.2) is 5.82 Å². The third-order valence-electron chi connectivity index (χ3n) is 6.81. The van der Waals surface area contributed by atoms with Crippen LogP contribution in [0.5, 0.6) is 5.75 Å². The second-order valence-electron chi connectivity index (χ2n) is 9.54. The zero-order valence-corrected chi connectivity index (χ0v) is 22.0. The first-order valence-corrected chi connectivity index (χ1v) is 13.8. The molecule has 5 rings (SSSR count). The van der Waals surface area contributed by atoms with Gasteiger partial charge in [-0.3, -0.25) is 4.79 Å². The van der Waals surface area contributed by atoms with Crippen LogP contribution in [0.25, 0.3) is 11.5 Å². The van der Waals surface area contributed by atoms with Gasteiger partial charge in [0.2, 0.25) is 0 Å². The van der Waals surface area contributed by atoms with E-state index in [4.69, 9.17) is 4.74 Å². The average Bonchev–Trinajstić information content (AvgIpc) is 3.61. The molecule has 0 radical (unpaired) electrons. The van der Waals surface area contributed by atoms with Crippen LogP contribution in [-0.4, -0.2) is 69.4 Å². The molecule has 1 N–H and O–H groups in total. The molecule has 0 spiro atoms. The number of aromatic nitrogens is 4. The fraction of sp³-hybridized carbons (Fsp3) is 0.440. The van der Waals surface area contributed by atoms with E-state index in [9.17, 15) is 13.2 Å². The Morgan fingerprint density at radius 2 is 1.86 bits per heavy atom. The molecule has 0 atom stereocenters. The SMILES string of the molecule is COc1cc2c(cc1C(=O)Nc1cccc(-c3nncn3C(C)C)n1)CN(S(=O)(=O)N1CCCC1)CC2. The number of benzene rings is 1. The summed E-state index contributed by atoms with van der Waals surface area (Å²) in [5.74, 6) is 1.01. The molecule has 1 saturated heterocycles. The van der Waals surface area contributed by atoms with Crippen molar-refractivity contribution >= 4 is 21.9 Å². The van der Waals surface area contributed by atoms with E-state index in [0.717, 1.165) is 24.0 Å². The van der Waals surface area contributed by atoms with Gasteiger partial charge in [-0.15, -0.1) is 10.2 Å². The first-order chi connectivity index (χ1) is 17.8. The monoisotopic (exact) mass is 525 g/mol. The first-order valence-electron chi connectivity index (χ1n) is 12.4. The van der Waals surface area contributed by atoms with Gasteiger partial charge in [0, 0.05) is 32.2 Å². The van der Waals surface area contributed by atoms with Gasteiger partial charge >= 0.3 is 0 Å². The maximum atomic E-state index is 13.3. The Morgan fingerprint density at radius 3 is 2.59 bits per heavy atom. The van der Waals surface area contributed by atoms with Crippen molar-refractivity contribution in [3.8, 4) is 17.3 Å². The highest BCUT2D eigenvalue weighted by Crippen LogP contribution is 2.31. The minimum Gasteiger partial charge on any atom is -0.496 e. The number of ether oxygens (including phenoxy) is 1.